The number of carbonyl (C=O) groups is 3. The lowest BCUT2D eigenvalue weighted by atomic mass is 9.93. The Bertz CT molecular complexity index is 919. The van der Waals surface area contributed by atoms with Crippen LogP contribution < -0.4 is 16.4 Å². The van der Waals surface area contributed by atoms with Crippen LogP contribution in [0.25, 0.3) is 0 Å². The average molecular weight is 487 g/mol. The summed E-state index contributed by atoms with van der Waals surface area (Å²) in [6.45, 7) is 3.66. The van der Waals surface area contributed by atoms with Crippen molar-refractivity contribution in [1.29, 1.82) is 0 Å². The molecule has 0 fully saturated rings. The Morgan fingerprint density at radius 2 is 1.82 bits per heavy atom. The molecule has 33 heavy (non-hydrogen) atoms. The maximum absolute atomic E-state index is 12.0. The highest BCUT2D eigenvalue weighted by Gasteiger charge is 2.38. The van der Waals surface area contributed by atoms with E-state index in [4.69, 9.17) is 15.6 Å². The number of hydrogen-bond donors (Lipinski definition) is 4. The Labute approximate surface area is 192 Å². The van der Waals surface area contributed by atoms with Gasteiger partial charge in [0.25, 0.3) is 0 Å². The maximum Gasteiger partial charge on any atom is 0.490 e. The molecule has 12 heteroatoms. The van der Waals surface area contributed by atoms with E-state index in [1.807, 2.05) is 37.3 Å². The first kappa shape index (κ1) is 27.8. The third-order valence-electron chi connectivity index (χ3n) is 4.10. The van der Waals surface area contributed by atoms with Gasteiger partial charge in [0.05, 0.1) is 12.1 Å². The van der Waals surface area contributed by atoms with Crippen LogP contribution in [0.2, 0.25) is 0 Å². The van der Waals surface area contributed by atoms with Gasteiger partial charge in [0, 0.05) is 17.7 Å². The van der Waals surface area contributed by atoms with Crippen LogP contribution in [0.4, 0.5) is 18.3 Å². The predicted molar refractivity (Wildman–Crippen MR) is 118 cm³/mol. The molecule has 2 aromatic rings. The van der Waals surface area contributed by atoms with Gasteiger partial charge in [0.2, 0.25) is 11.8 Å². The quantitative estimate of drug-likeness (QED) is 0.424. The molecule has 8 nitrogen and oxygen atoms in total. The van der Waals surface area contributed by atoms with Crippen LogP contribution in [-0.4, -0.2) is 46.1 Å². The van der Waals surface area contributed by atoms with Crippen molar-refractivity contribution in [3.63, 3.8) is 0 Å². The number of carbonyl (C=O) groups excluding carboxylic acids is 2. The number of benzene rings is 1. The van der Waals surface area contributed by atoms with Crippen molar-refractivity contribution in [3.05, 3.63) is 59.6 Å². The fraction of sp³-hybridized carbons (Fsp3) is 0.333. The second-order valence-electron chi connectivity index (χ2n) is 6.98. The van der Waals surface area contributed by atoms with Gasteiger partial charge in [-0.25, -0.2) is 9.78 Å². The molecule has 0 bridgehead atoms. The van der Waals surface area contributed by atoms with Gasteiger partial charge < -0.3 is 16.2 Å². The maximum atomic E-state index is 12.0. The van der Waals surface area contributed by atoms with E-state index < -0.39 is 18.2 Å². The number of nitrogens with two attached hydrogens (primary N) is 1. The highest BCUT2D eigenvalue weighted by molar-refractivity contribution is 7.13. The van der Waals surface area contributed by atoms with Crippen molar-refractivity contribution in [2.45, 2.75) is 38.5 Å². The van der Waals surface area contributed by atoms with Gasteiger partial charge in [-0.1, -0.05) is 43.3 Å². The number of rotatable bonds is 8. The van der Waals surface area contributed by atoms with E-state index in [9.17, 15) is 22.8 Å². The number of hydrogen-bond acceptors (Lipinski definition) is 6. The normalized spacial score (nSPS) is 13.9. The minimum atomic E-state index is -5.08. The lowest BCUT2D eigenvalue weighted by Gasteiger charge is -2.23. The summed E-state index contributed by atoms with van der Waals surface area (Å²) in [4.78, 5) is 37.0. The smallest absolute Gasteiger partial charge is 0.475 e. The fourth-order valence-electron chi connectivity index (χ4n) is 2.41. The number of aliphatic carboxylic acids is 1. The van der Waals surface area contributed by atoms with E-state index in [0.717, 1.165) is 6.42 Å². The number of nitrogens with one attached hydrogen (secondary N) is 2. The van der Waals surface area contributed by atoms with E-state index in [0.29, 0.717) is 5.13 Å². The van der Waals surface area contributed by atoms with Crippen molar-refractivity contribution in [2.75, 3.05) is 5.32 Å². The van der Waals surface area contributed by atoms with Gasteiger partial charge in [-0.15, -0.1) is 11.3 Å². The average Bonchev–Trinajstić information content (AvgIpc) is 3.24. The predicted octanol–water partition coefficient (Wildman–Crippen LogP) is 2.98. The molecule has 2 amide bonds. The zero-order chi connectivity index (χ0) is 25.0. The zero-order valence-electron chi connectivity index (χ0n) is 17.9. The summed E-state index contributed by atoms with van der Waals surface area (Å²) in [6.07, 6.45) is 0.437. The van der Waals surface area contributed by atoms with Crippen molar-refractivity contribution >= 4 is 34.3 Å². The molecule has 0 radical (unpaired) electrons. The standard InChI is InChI=1S/C19H24N4O2S.C2HF3O2/c1-13(12-15-6-4-3-5-7-15)16(22-18(25)14(2)20)8-9-17(24)23-19-21-10-11-26-19;3-2(4,5)1(6)7/h3-11,13-14,16H,12,20H2,1-2H3,(H,22,25)(H,21,23,24);(H,6,7)/b9-8+;/t13?,14-,16+;/m0./s1. The number of thiazole rings is 1. The Morgan fingerprint density at radius 3 is 2.30 bits per heavy atom. The highest BCUT2D eigenvalue weighted by Crippen LogP contribution is 2.15. The molecule has 0 aliphatic rings. The van der Waals surface area contributed by atoms with Crippen molar-refractivity contribution in [1.82, 2.24) is 10.3 Å². The van der Waals surface area contributed by atoms with E-state index in [2.05, 4.69) is 15.6 Å². The van der Waals surface area contributed by atoms with Crippen LogP contribution in [0.5, 0.6) is 0 Å². The number of carboxylic acids is 1. The molecule has 0 aliphatic carbocycles. The molecular formula is C21H25F3N4O4S. The number of halogens is 3. The summed E-state index contributed by atoms with van der Waals surface area (Å²) in [5.74, 6) is -3.21. The van der Waals surface area contributed by atoms with Crippen LogP contribution in [0.1, 0.15) is 19.4 Å². The minimum absolute atomic E-state index is 0.0870. The fourth-order valence-corrected chi connectivity index (χ4v) is 2.94. The third kappa shape index (κ3) is 11.3. The highest BCUT2D eigenvalue weighted by atomic mass is 32.1. The molecule has 5 N–H and O–H groups in total. The van der Waals surface area contributed by atoms with Crippen LogP contribution in [-0.2, 0) is 20.8 Å². The van der Waals surface area contributed by atoms with Crippen LogP contribution in [0.3, 0.4) is 0 Å². The van der Waals surface area contributed by atoms with Gasteiger partial charge in [-0.2, -0.15) is 13.2 Å². The summed E-state index contributed by atoms with van der Waals surface area (Å²) < 4.78 is 31.7. The molecule has 0 saturated heterocycles. The number of alkyl halides is 3. The Balaban J connectivity index is 0.000000675. The van der Waals surface area contributed by atoms with Crippen molar-refractivity contribution < 1.29 is 32.7 Å². The van der Waals surface area contributed by atoms with E-state index >= 15 is 0 Å². The lowest BCUT2D eigenvalue weighted by molar-refractivity contribution is -0.192. The van der Waals surface area contributed by atoms with Gasteiger partial charge in [-0.05, 0) is 24.8 Å². The molecular weight excluding hydrogens is 461 g/mol. The van der Waals surface area contributed by atoms with Gasteiger partial charge in [0.1, 0.15) is 0 Å². The SMILES string of the molecule is CC(Cc1ccccc1)[C@@H](/C=C/C(=O)Nc1nccs1)NC(=O)[C@H](C)N.O=C(O)C(F)(F)F. The number of amides is 2. The summed E-state index contributed by atoms with van der Waals surface area (Å²) >= 11 is 1.34. The van der Waals surface area contributed by atoms with E-state index in [-0.39, 0.29) is 23.8 Å². The largest absolute Gasteiger partial charge is 0.490 e. The van der Waals surface area contributed by atoms with Crippen LogP contribution in [0.15, 0.2) is 54.1 Å². The molecule has 3 atom stereocenters. The Morgan fingerprint density at radius 1 is 1.21 bits per heavy atom. The van der Waals surface area contributed by atoms with Gasteiger partial charge in [-0.3, -0.25) is 14.9 Å². The molecule has 2 rings (SSSR count). The molecule has 1 aromatic carbocycles. The molecule has 0 aliphatic heterocycles. The third-order valence-corrected chi connectivity index (χ3v) is 4.78. The molecule has 1 heterocycles. The minimum Gasteiger partial charge on any atom is -0.475 e. The molecule has 1 unspecified atom stereocenters. The summed E-state index contributed by atoms with van der Waals surface area (Å²) in [7, 11) is 0. The number of aromatic nitrogens is 1. The van der Waals surface area contributed by atoms with Crippen molar-refractivity contribution in [3.8, 4) is 0 Å². The molecule has 1 aromatic heterocycles. The van der Waals surface area contributed by atoms with Gasteiger partial charge >= 0.3 is 12.1 Å². The molecule has 180 valence electrons. The summed E-state index contributed by atoms with van der Waals surface area (Å²) in [5, 5.41) is 15.0. The summed E-state index contributed by atoms with van der Waals surface area (Å²) in [6, 6.07) is 9.09. The van der Waals surface area contributed by atoms with Crippen LogP contribution in [0, 0.1) is 5.92 Å². The lowest BCUT2D eigenvalue weighted by Crippen LogP contribution is -2.46. The number of anilines is 1. The zero-order valence-corrected chi connectivity index (χ0v) is 18.7. The molecule has 0 spiro atoms. The first-order valence-electron chi connectivity index (χ1n) is 9.68. The Hall–Kier alpha value is -3.25. The van der Waals surface area contributed by atoms with Crippen LogP contribution >= 0.6 is 11.3 Å². The van der Waals surface area contributed by atoms with E-state index in [1.54, 1.807) is 24.6 Å². The van der Waals surface area contributed by atoms with Crippen molar-refractivity contribution in [2.24, 2.45) is 11.7 Å². The Kier molecular flexibility index (Phi) is 11.2. The second-order valence-corrected chi connectivity index (χ2v) is 7.87. The van der Waals surface area contributed by atoms with Gasteiger partial charge in [0.15, 0.2) is 5.13 Å². The first-order chi connectivity index (χ1) is 15.4. The van der Waals surface area contributed by atoms with E-state index in [1.165, 1.54) is 23.0 Å². The molecule has 0 saturated carbocycles. The monoisotopic (exact) mass is 486 g/mol. The number of carboxylic acid groups (broad SMARTS) is 1. The second kappa shape index (κ2) is 13.3. The first-order valence-corrected chi connectivity index (χ1v) is 10.6. The number of nitrogens with zero attached hydrogens (tertiary/aromatic N) is 1. The topological polar surface area (TPSA) is 134 Å². The summed E-state index contributed by atoms with van der Waals surface area (Å²) in [5.41, 5.74) is 6.83.